The van der Waals surface area contributed by atoms with Crippen molar-refractivity contribution >= 4 is 123 Å². The predicted octanol–water partition coefficient (Wildman–Crippen LogP) is 11.4. The summed E-state index contributed by atoms with van der Waals surface area (Å²) < 4.78 is -1.14. The van der Waals surface area contributed by atoms with Crippen LogP contribution in [0.4, 0.5) is 0 Å². The zero-order valence-corrected chi connectivity index (χ0v) is 39.6. The molecular weight excluding hydrogens is 778 g/mol. The second kappa shape index (κ2) is 15.4. The summed E-state index contributed by atoms with van der Waals surface area (Å²) in [5.74, 6) is 0. The molecule has 2 unspecified atom stereocenters. The van der Waals surface area contributed by atoms with Gasteiger partial charge in [0, 0.05) is 31.2 Å². The van der Waals surface area contributed by atoms with E-state index in [4.69, 9.17) is 77.9 Å². The van der Waals surface area contributed by atoms with Gasteiger partial charge >= 0.3 is 12.0 Å². The average molecular weight is 836 g/mol. The van der Waals surface area contributed by atoms with Gasteiger partial charge in [-0.15, -0.1) is 116 Å². The molecule has 0 amide bonds. The molecule has 0 saturated heterocycles. The Bertz CT molecular complexity index is 897. The lowest BCUT2D eigenvalue weighted by molar-refractivity contribution is 0.404. The minimum Gasteiger partial charge on any atom is -0.324 e. The van der Waals surface area contributed by atoms with Crippen molar-refractivity contribution in [2.45, 2.75) is 123 Å². The van der Waals surface area contributed by atoms with Crippen molar-refractivity contribution in [3.05, 3.63) is 49.1 Å². The first kappa shape index (κ1) is 45.3. The number of hydrogen-bond acceptors (Lipinski definition) is 3. The van der Waals surface area contributed by atoms with Gasteiger partial charge in [0.15, 0.2) is 0 Å². The Morgan fingerprint density at radius 1 is 0.535 bits per heavy atom. The van der Waals surface area contributed by atoms with Gasteiger partial charge in [0.05, 0.1) is 32.3 Å². The maximum atomic E-state index is 7.92. The van der Waals surface area contributed by atoms with Crippen LogP contribution < -0.4 is 11.5 Å². The van der Waals surface area contributed by atoms with Gasteiger partial charge in [-0.25, -0.2) is 0 Å². The van der Waals surface area contributed by atoms with Crippen LogP contribution in [0.5, 0.6) is 0 Å². The van der Waals surface area contributed by atoms with Crippen molar-refractivity contribution in [3.8, 4) is 0 Å². The number of rotatable bonds is 20. The van der Waals surface area contributed by atoms with Gasteiger partial charge in [0.25, 0.3) is 0 Å². The van der Waals surface area contributed by atoms with Gasteiger partial charge in [-0.05, 0) is 12.8 Å². The molecule has 43 heavy (non-hydrogen) atoms. The third kappa shape index (κ3) is 8.90. The van der Waals surface area contributed by atoms with Crippen molar-refractivity contribution in [2.75, 3.05) is 0 Å². The second-order valence-electron chi connectivity index (χ2n) is 14.6. The van der Waals surface area contributed by atoms with Crippen molar-refractivity contribution in [3.63, 3.8) is 0 Å². The lowest BCUT2D eigenvalue weighted by atomic mass is 9.98. The SMILES string of the molecule is C=C[Si](C)(C)C(SC(C(N)(CCC)C[Si](Cl)(Cl)Cl)([Si](C)(C)C=C)[Si](C)(C)C=C)(C(N)(CCC)C[Si](Cl)(Cl)Cl)[Si](C)(C)C=C. The van der Waals surface area contributed by atoms with Crippen LogP contribution >= 0.6 is 78.2 Å². The van der Waals surface area contributed by atoms with Crippen LogP contribution in [-0.4, -0.2) is 63.4 Å². The van der Waals surface area contributed by atoms with Gasteiger partial charge < -0.3 is 11.5 Å². The van der Waals surface area contributed by atoms with Crippen LogP contribution in [0.1, 0.15) is 39.5 Å². The summed E-state index contributed by atoms with van der Waals surface area (Å²) >= 11 is 43.1. The van der Waals surface area contributed by atoms with Crippen LogP contribution in [0.3, 0.4) is 0 Å². The lowest BCUT2D eigenvalue weighted by Crippen LogP contribution is -2.86. The Balaban J connectivity index is 9.17. The number of halogens is 6. The van der Waals surface area contributed by atoms with Gasteiger partial charge in [0.2, 0.25) is 0 Å². The molecule has 0 aliphatic heterocycles. The minimum atomic E-state index is -3.26. The first-order valence-corrected chi connectivity index (χ1v) is 38.6. The normalized spacial score (nSPS) is 17.5. The lowest BCUT2D eigenvalue weighted by Gasteiger charge is -2.70. The molecule has 0 saturated carbocycles. The number of thioether (sulfide) groups is 1. The smallest absolute Gasteiger partial charge is 0.324 e. The van der Waals surface area contributed by atoms with E-state index in [0.29, 0.717) is 24.9 Å². The first-order chi connectivity index (χ1) is 19.0. The van der Waals surface area contributed by atoms with Gasteiger partial charge in [0.1, 0.15) is 0 Å². The Morgan fingerprint density at radius 2 is 0.744 bits per heavy atom. The fourth-order valence-electron chi connectivity index (χ4n) is 8.15. The summed E-state index contributed by atoms with van der Waals surface area (Å²) in [5, 5.41) is 0. The van der Waals surface area contributed by atoms with Crippen LogP contribution in [0.25, 0.3) is 0 Å². The van der Waals surface area contributed by atoms with Gasteiger partial charge in [-0.1, -0.05) is 79.1 Å². The summed E-state index contributed by atoms with van der Waals surface area (Å²) in [6.45, 7) is 41.0. The molecule has 0 spiro atoms. The van der Waals surface area contributed by atoms with E-state index in [0.717, 1.165) is 12.8 Å². The molecule has 15 heteroatoms. The predicted molar refractivity (Wildman–Crippen MR) is 224 cm³/mol. The molecule has 0 heterocycles. The Labute approximate surface area is 303 Å². The van der Waals surface area contributed by atoms with E-state index in [-0.39, 0.29) is 0 Å². The zero-order valence-electron chi connectivity index (χ0n) is 28.2. The second-order valence-corrected chi connectivity index (χ2v) is 55.1. The molecule has 0 aromatic rings. The average Bonchev–Trinajstić information content (AvgIpc) is 2.81. The van der Waals surface area contributed by atoms with Crippen LogP contribution in [-0.2, 0) is 0 Å². The van der Waals surface area contributed by atoms with E-state index >= 15 is 0 Å². The highest BCUT2D eigenvalue weighted by molar-refractivity contribution is 8.09. The summed E-state index contributed by atoms with van der Waals surface area (Å²) in [7, 11) is -10.3. The van der Waals surface area contributed by atoms with Crippen LogP contribution in [0.15, 0.2) is 49.1 Å². The molecule has 4 N–H and O–H groups in total. The molecule has 0 rings (SSSR count). The molecule has 2 atom stereocenters. The van der Waals surface area contributed by atoms with Crippen molar-refractivity contribution in [1.82, 2.24) is 0 Å². The van der Waals surface area contributed by atoms with Gasteiger partial charge in [-0.3, -0.25) is 0 Å². The largest absolute Gasteiger partial charge is 0.343 e. The Hall–Kier alpha value is 2.27. The third-order valence-electron chi connectivity index (χ3n) is 9.80. The molecule has 2 nitrogen and oxygen atoms in total. The maximum Gasteiger partial charge on any atom is 0.343 e. The van der Waals surface area contributed by atoms with E-state index in [1.165, 1.54) is 0 Å². The molecule has 0 radical (unpaired) electrons. The van der Waals surface area contributed by atoms with Crippen LogP contribution in [0.2, 0.25) is 64.5 Å². The number of hydrogen-bond donors (Lipinski definition) is 2. The summed E-state index contributed by atoms with van der Waals surface area (Å²) in [4.78, 5) is 0. The maximum absolute atomic E-state index is 7.92. The summed E-state index contributed by atoms with van der Waals surface area (Å²) in [5.41, 5.74) is 22.8. The fourth-order valence-corrected chi connectivity index (χ4v) is 46.8. The van der Waals surface area contributed by atoms with E-state index < -0.39 is 63.4 Å². The molecule has 0 aliphatic carbocycles. The van der Waals surface area contributed by atoms with E-state index in [9.17, 15) is 0 Å². The zero-order chi connectivity index (χ0) is 34.8. The third-order valence-corrected chi connectivity index (χ3v) is 44.3. The summed E-state index contributed by atoms with van der Waals surface area (Å²) in [6.07, 6.45) is 3.03. The quantitative estimate of drug-likeness (QED) is 0.0949. The molecule has 0 bridgehead atoms. The van der Waals surface area contributed by atoms with Crippen molar-refractivity contribution in [1.29, 1.82) is 0 Å². The molecule has 252 valence electrons. The first-order valence-electron chi connectivity index (χ1n) is 14.9. The fraction of sp³-hybridized carbons (Fsp3) is 0.714. The monoisotopic (exact) mass is 832 g/mol. The van der Waals surface area contributed by atoms with E-state index in [1.54, 1.807) is 0 Å². The number of nitrogens with two attached hydrogens (primary N) is 2. The van der Waals surface area contributed by atoms with Crippen molar-refractivity contribution in [2.24, 2.45) is 11.5 Å². The van der Waals surface area contributed by atoms with E-state index in [2.05, 4.69) is 115 Å². The topological polar surface area (TPSA) is 52.0 Å². The molecular formula is C28H58Cl6N2SSi6. The molecule has 0 aromatic carbocycles. The Kier molecular flexibility index (Phi) is 16.3. The van der Waals surface area contributed by atoms with Crippen LogP contribution in [0, 0.1) is 0 Å². The summed E-state index contributed by atoms with van der Waals surface area (Å²) in [6, 6.07) is -5.89. The molecule has 0 aliphatic rings. The minimum absolute atomic E-state index is 0.312. The highest BCUT2D eigenvalue weighted by Gasteiger charge is 2.74. The Morgan fingerprint density at radius 3 is 0.884 bits per heavy atom. The molecule has 0 fully saturated rings. The van der Waals surface area contributed by atoms with Gasteiger partial charge in [-0.2, -0.15) is 11.8 Å². The van der Waals surface area contributed by atoms with Crippen molar-refractivity contribution < 1.29 is 0 Å². The highest BCUT2D eigenvalue weighted by atomic mass is 35.8. The molecule has 0 aromatic heterocycles. The highest BCUT2D eigenvalue weighted by Crippen LogP contribution is 2.65. The standard InChI is InChI=1S/C28H58Cl6N2SSi6/c1-15-21-25(35,23-42(29,30)31)27(38(7,8)17-3,39(9,10)18-4)37-28(40(11,12)19-5,41(13,14)20-6)26(36,22-16-2)24-43(32,33)34/h17-20H,3-6,15-16,21-24,35-36H2,1-2,7-14H3. The van der Waals surface area contributed by atoms with E-state index in [1.807, 2.05) is 11.8 Å².